The molecule has 0 aliphatic carbocycles. The van der Waals surface area contributed by atoms with Gasteiger partial charge in [0, 0.05) is 30.2 Å². The first-order valence-corrected chi connectivity index (χ1v) is 10.9. The van der Waals surface area contributed by atoms with Crippen LogP contribution in [-0.4, -0.2) is 43.3 Å². The lowest BCUT2D eigenvalue weighted by Gasteiger charge is -2.32. The van der Waals surface area contributed by atoms with E-state index >= 15 is 0 Å². The van der Waals surface area contributed by atoms with E-state index in [1.54, 1.807) is 22.5 Å². The smallest absolute Gasteiger partial charge is 0.251 e. The molecule has 0 spiro atoms. The van der Waals surface area contributed by atoms with E-state index in [1.165, 1.54) is 6.07 Å². The molecule has 3 N–H and O–H groups in total. The van der Waals surface area contributed by atoms with Gasteiger partial charge in [-0.05, 0) is 50.8 Å². The number of rotatable bonds is 7. The highest BCUT2D eigenvalue weighted by atomic mass is 35.5. The molecule has 0 aromatic heterocycles. The molecule has 1 atom stereocenters. The Bertz CT molecular complexity index is 735. The van der Waals surface area contributed by atoms with Crippen LogP contribution < -0.4 is 11.1 Å². The summed E-state index contributed by atoms with van der Waals surface area (Å²) in [5, 5.41) is 2.84. The van der Waals surface area contributed by atoms with Crippen LogP contribution >= 0.6 is 12.4 Å². The third kappa shape index (κ3) is 5.67. The normalized spacial score (nSPS) is 18.6. The van der Waals surface area contributed by atoms with Gasteiger partial charge < -0.3 is 11.1 Å². The van der Waals surface area contributed by atoms with Gasteiger partial charge in [-0.15, -0.1) is 12.4 Å². The maximum atomic E-state index is 13.0. The van der Waals surface area contributed by atoms with Crippen molar-refractivity contribution in [2.75, 3.05) is 13.1 Å². The Morgan fingerprint density at radius 1 is 1.30 bits per heavy atom. The van der Waals surface area contributed by atoms with Crippen molar-refractivity contribution >= 4 is 28.3 Å². The maximum Gasteiger partial charge on any atom is 0.251 e. The molecule has 1 fully saturated rings. The van der Waals surface area contributed by atoms with Crippen LogP contribution in [0.2, 0.25) is 0 Å². The number of halogens is 1. The first-order valence-electron chi connectivity index (χ1n) is 9.42. The molecule has 1 unspecified atom stereocenters. The Balaban J connectivity index is 0.00000364. The average molecular weight is 418 g/mol. The molecular weight excluding hydrogens is 386 g/mol. The van der Waals surface area contributed by atoms with Gasteiger partial charge in [0.2, 0.25) is 10.0 Å². The second kappa shape index (κ2) is 9.87. The summed E-state index contributed by atoms with van der Waals surface area (Å²) in [5.74, 6) is -0.300. The molecule has 154 valence electrons. The quantitative estimate of drug-likeness (QED) is 0.713. The monoisotopic (exact) mass is 417 g/mol. The van der Waals surface area contributed by atoms with E-state index in [1.807, 2.05) is 20.8 Å². The Kier molecular flexibility index (Phi) is 8.73. The van der Waals surface area contributed by atoms with Crippen molar-refractivity contribution < 1.29 is 13.2 Å². The zero-order valence-electron chi connectivity index (χ0n) is 16.4. The number of carbonyl (C=O) groups is 1. The minimum atomic E-state index is -3.59. The average Bonchev–Trinajstić information content (AvgIpc) is 2.66. The van der Waals surface area contributed by atoms with Crippen molar-refractivity contribution in [2.45, 2.75) is 69.4 Å². The van der Waals surface area contributed by atoms with Gasteiger partial charge in [0.05, 0.1) is 4.90 Å². The SMILES string of the molecule is CCC(N)(CC)CNC(=O)c1cccc(S(=O)(=O)N2CCCCC2C)c1.Cl. The van der Waals surface area contributed by atoms with Gasteiger partial charge in [0.1, 0.15) is 0 Å². The maximum absolute atomic E-state index is 13.0. The van der Waals surface area contributed by atoms with E-state index in [2.05, 4.69) is 5.32 Å². The van der Waals surface area contributed by atoms with Gasteiger partial charge in [-0.1, -0.05) is 26.3 Å². The van der Waals surface area contributed by atoms with Crippen LogP contribution in [0.3, 0.4) is 0 Å². The lowest BCUT2D eigenvalue weighted by Crippen LogP contribution is -2.49. The van der Waals surface area contributed by atoms with Crippen LogP contribution in [0, 0.1) is 0 Å². The van der Waals surface area contributed by atoms with Gasteiger partial charge in [0.25, 0.3) is 5.91 Å². The lowest BCUT2D eigenvalue weighted by molar-refractivity contribution is 0.0942. The molecule has 8 heteroatoms. The molecule has 0 bridgehead atoms. The molecule has 1 aromatic rings. The number of carbonyl (C=O) groups excluding carboxylic acids is 1. The number of hydrogen-bond acceptors (Lipinski definition) is 4. The predicted molar refractivity (Wildman–Crippen MR) is 111 cm³/mol. The van der Waals surface area contributed by atoms with Crippen LogP contribution in [0.15, 0.2) is 29.2 Å². The Hall–Kier alpha value is -1.15. The first kappa shape index (κ1) is 23.9. The van der Waals surface area contributed by atoms with Gasteiger partial charge in [-0.3, -0.25) is 4.79 Å². The van der Waals surface area contributed by atoms with E-state index in [0.717, 1.165) is 32.1 Å². The van der Waals surface area contributed by atoms with Gasteiger partial charge in [0.15, 0.2) is 0 Å². The fourth-order valence-electron chi connectivity index (χ4n) is 3.22. The summed E-state index contributed by atoms with van der Waals surface area (Å²) in [6.45, 7) is 6.80. The summed E-state index contributed by atoms with van der Waals surface area (Å²) < 4.78 is 27.5. The minimum absolute atomic E-state index is 0. The second-order valence-electron chi connectivity index (χ2n) is 7.24. The van der Waals surface area contributed by atoms with Crippen LogP contribution in [-0.2, 0) is 10.0 Å². The number of amides is 1. The molecule has 1 aliphatic rings. The molecule has 2 rings (SSSR count). The minimum Gasteiger partial charge on any atom is -0.350 e. The molecule has 1 amide bonds. The predicted octanol–water partition coefficient (Wildman–Crippen LogP) is 2.92. The highest BCUT2D eigenvalue weighted by molar-refractivity contribution is 7.89. The van der Waals surface area contributed by atoms with E-state index < -0.39 is 15.6 Å². The summed E-state index contributed by atoms with van der Waals surface area (Å²) in [6, 6.07) is 6.25. The van der Waals surface area contributed by atoms with Crippen LogP contribution in [0.4, 0.5) is 0 Å². The molecule has 1 aromatic carbocycles. The molecule has 0 saturated carbocycles. The first-order chi connectivity index (χ1) is 12.2. The van der Waals surface area contributed by atoms with Gasteiger partial charge in [-0.25, -0.2) is 8.42 Å². The lowest BCUT2D eigenvalue weighted by atomic mass is 9.94. The van der Waals surface area contributed by atoms with Crippen LogP contribution in [0.25, 0.3) is 0 Å². The summed E-state index contributed by atoms with van der Waals surface area (Å²) >= 11 is 0. The topological polar surface area (TPSA) is 92.5 Å². The molecule has 1 saturated heterocycles. The van der Waals surface area contributed by atoms with Crippen molar-refractivity contribution in [1.29, 1.82) is 0 Å². The highest BCUT2D eigenvalue weighted by Crippen LogP contribution is 2.25. The van der Waals surface area contributed by atoms with E-state index in [4.69, 9.17) is 5.73 Å². The third-order valence-electron chi connectivity index (χ3n) is 5.45. The summed E-state index contributed by atoms with van der Waals surface area (Å²) in [6.07, 6.45) is 4.30. The Labute approximate surface area is 169 Å². The number of nitrogens with two attached hydrogens (primary N) is 1. The molecule has 27 heavy (non-hydrogen) atoms. The third-order valence-corrected chi connectivity index (χ3v) is 7.46. The summed E-state index contributed by atoms with van der Waals surface area (Å²) in [4.78, 5) is 12.6. The molecule has 0 radical (unpaired) electrons. The van der Waals surface area contributed by atoms with Crippen molar-refractivity contribution in [1.82, 2.24) is 9.62 Å². The van der Waals surface area contributed by atoms with Crippen LogP contribution in [0.5, 0.6) is 0 Å². The molecule has 1 aliphatic heterocycles. The number of benzene rings is 1. The van der Waals surface area contributed by atoms with Gasteiger partial charge in [-0.2, -0.15) is 4.31 Å². The van der Waals surface area contributed by atoms with Crippen molar-refractivity contribution in [3.63, 3.8) is 0 Å². The number of hydrogen-bond donors (Lipinski definition) is 2. The largest absolute Gasteiger partial charge is 0.350 e. The second-order valence-corrected chi connectivity index (χ2v) is 9.13. The zero-order valence-corrected chi connectivity index (χ0v) is 18.0. The fraction of sp³-hybridized carbons (Fsp3) is 0.632. The summed E-state index contributed by atoms with van der Waals surface area (Å²) in [7, 11) is -3.59. The number of sulfonamides is 1. The van der Waals surface area contributed by atoms with Gasteiger partial charge >= 0.3 is 0 Å². The standard InChI is InChI=1S/C19H31N3O3S.ClH/c1-4-19(20,5-2)14-21-18(23)16-10-8-11-17(13-16)26(24,25)22-12-7-6-9-15(22)3;/h8,10-11,13,15H,4-7,9,12,14,20H2,1-3H3,(H,21,23);1H. The van der Waals surface area contributed by atoms with E-state index in [-0.39, 0.29) is 29.3 Å². The van der Waals surface area contributed by atoms with E-state index in [9.17, 15) is 13.2 Å². The Morgan fingerprint density at radius 2 is 1.96 bits per heavy atom. The van der Waals surface area contributed by atoms with Crippen molar-refractivity contribution in [3.8, 4) is 0 Å². The Morgan fingerprint density at radius 3 is 2.56 bits per heavy atom. The van der Waals surface area contributed by atoms with Crippen molar-refractivity contribution in [2.24, 2.45) is 5.73 Å². The van der Waals surface area contributed by atoms with Crippen molar-refractivity contribution in [3.05, 3.63) is 29.8 Å². The molecular formula is C19H32ClN3O3S. The number of piperidine rings is 1. The zero-order chi connectivity index (χ0) is 19.4. The molecule has 6 nitrogen and oxygen atoms in total. The van der Waals surface area contributed by atoms with Crippen LogP contribution in [0.1, 0.15) is 63.2 Å². The number of nitrogens with one attached hydrogen (secondary N) is 1. The summed E-state index contributed by atoms with van der Waals surface area (Å²) in [5.41, 5.74) is 6.11. The molecule has 1 heterocycles. The fourth-order valence-corrected chi connectivity index (χ4v) is 4.97. The van der Waals surface area contributed by atoms with E-state index in [0.29, 0.717) is 18.7 Å². The number of nitrogens with zero attached hydrogens (tertiary/aromatic N) is 1. The highest BCUT2D eigenvalue weighted by Gasteiger charge is 2.31.